The Balaban J connectivity index is 5.44. The largest absolute Gasteiger partial charge is 0.422 e. The van der Waals surface area contributed by atoms with Gasteiger partial charge in [-0.3, -0.25) is 0 Å². The van der Waals surface area contributed by atoms with E-state index in [4.69, 9.17) is 33.2 Å². The molecule has 0 fully saturated rings. The van der Waals surface area contributed by atoms with Gasteiger partial charge in [0.25, 0.3) is 11.9 Å². The lowest BCUT2D eigenvalue weighted by atomic mass is 10.6. The van der Waals surface area contributed by atoms with Crippen LogP contribution < -0.4 is 0 Å². The van der Waals surface area contributed by atoms with Gasteiger partial charge in [-0.15, -0.1) is 0 Å². The van der Waals surface area contributed by atoms with E-state index in [1.807, 2.05) is 0 Å². The van der Waals surface area contributed by atoms with Gasteiger partial charge in [0.05, 0.1) is 0 Å². The van der Waals surface area contributed by atoms with Gasteiger partial charge in [0.15, 0.2) is 0 Å². The molecule has 0 aromatic rings. The van der Waals surface area contributed by atoms with Crippen LogP contribution in [0.4, 0.5) is 0 Å². The third kappa shape index (κ3) is 6.52. The molecule has 0 saturated heterocycles. The van der Waals surface area contributed by atoms with Gasteiger partial charge in [0.1, 0.15) is 0 Å². The average molecular weight is 346 g/mol. The van der Waals surface area contributed by atoms with Crippen molar-refractivity contribution in [3.05, 3.63) is 0 Å². The van der Waals surface area contributed by atoms with E-state index in [2.05, 4.69) is 9.47 Å². The van der Waals surface area contributed by atoms with Gasteiger partial charge in [-0.2, -0.15) is 0 Å². The molecule has 11 nitrogen and oxygen atoms in total. The molecule has 11 heteroatoms. The molecule has 0 rings (SSSR count). The molecule has 0 spiro atoms. The van der Waals surface area contributed by atoms with E-state index in [-0.39, 0.29) is 0 Å². The molecule has 0 aliphatic heterocycles. The maximum Gasteiger partial charge on any atom is 0.422 e. The minimum absolute atomic E-state index is 1.02. The Morgan fingerprint density at radius 1 is 0.565 bits per heavy atom. The molecular weight excluding hydrogens is 320 g/mol. The average Bonchev–Trinajstić information content (AvgIpc) is 2.53. The summed E-state index contributed by atoms with van der Waals surface area (Å²) in [5.74, 6) is -3.94. The molecule has 0 aliphatic rings. The molecule has 0 saturated carbocycles. The molecule has 0 heterocycles. The van der Waals surface area contributed by atoms with Crippen molar-refractivity contribution >= 4 is 0 Å². The normalized spacial score (nSPS) is 18.5. The second-order valence-corrected chi connectivity index (χ2v) is 4.31. The highest BCUT2D eigenvalue weighted by atomic mass is 17.1. The van der Waals surface area contributed by atoms with Crippen LogP contribution >= 0.6 is 0 Å². The van der Waals surface area contributed by atoms with E-state index < -0.39 is 24.3 Å². The van der Waals surface area contributed by atoms with Crippen LogP contribution in [-0.2, 0) is 42.6 Å². The second-order valence-electron chi connectivity index (χ2n) is 4.31. The highest BCUT2D eigenvalue weighted by Gasteiger charge is 2.52. The van der Waals surface area contributed by atoms with Gasteiger partial charge in [-0.25, -0.2) is 14.2 Å². The summed E-state index contributed by atoms with van der Waals surface area (Å²) in [6.45, 7) is 2.46. The Kier molecular flexibility index (Phi) is 8.43. The Morgan fingerprint density at radius 2 is 1.04 bits per heavy atom. The quantitative estimate of drug-likeness (QED) is 0.443. The summed E-state index contributed by atoms with van der Waals surface area (Å²) in [7, 11) is 7.00. The standard InChI is InChI=1S/C12H26O11/c1-9(13,15-3)21-11(14,18-6)23-12(19-7,20-8)22-10(2,16-4)17-5/h13-14H,1-8H3/t9-,11-/m0/s1. The SMILES string of the molecule is COC(C)(OC)OC(OC)(OC)O[C@@](O)(OC)O[C@@](C)(O)OC. The lowest BCUT2D eigenvalue weighted by molar-refractivity contribution is -0.654. The van der Waals surface area contributed by atoms with Gasteiger partial charge in [0.2, 0.25) is 0 Å². The molecule has 140 valence electrons. The first-order valence-corrected chi connectivity index (χ1v) is 6.35. The van der Waals surface area contributed by atoms with Crippen molar-refractivity contribution in [2.75, 3.05) is 42.7 Å². The fraction of sp³-hybridized carbons (Fsp3) is 1.00. The van der Waals surface area contributed by atoms with Crippen molar-refractivity contribution in [2.24, 2.45) is 0 Å². The Labute approximate surface area is 134 Å². The van der Waals surface area contributed by atoms with Crippen molar-refractivity contribution in [3.63, 3.8) is 0 Å². The zero-order valence-electron chi connectivity index (χ0n) is 14.6. The van der Waals surface area contributed by atoms with Crippen molar-refractivity contribution in [1.82, 2.24) is 0 Å². The molecule has 0 unspecified atom stereocenters. The maximum absolute atomic E-state index is 10.2. The fourth-order valence-electron chi connectivity index (χ4n) is 1.21. The van der Waals surface area contributed by atoms with Gasteiger partial charge >= 0.3 is 12.3 Å². The first kappa shape index (κ1) is 22.6. The topological polar surface area (TPSA) is 124 Å². The number of hydrogen-bond acceptors (Lipinski definition) is 11. The summed E-state index contributed by atoms with van der Waals surface area (Å²) in [5.41, 5.74) is 0. The van der Waals surface area contributed by atoms with Crippen LogP contribution in [0, 0.1) is 0 Å². The Morgan fingerprint density at radius 3 is 1.35 bits per heavy atom. The third-order valence-corrected chi connectivity index (χ3v) is 2.76. The molecule has 0 amide bonds. The zero-order chi connectivity index (χ0) is 18.4. The number of methoxy groups -OCH3 is 6. The van der Waals surface area contributed by atoms with Crippen LogP contribution in [0.5, 0.6) is 0 Å². The lowest BCUT2D eigenvalue weighted by Gasteiger charge is -2.41. The first-order valence-electron chi connectivity index (χ1n) is 6.35. The summed E-state index contributed by atoms with van der Waals surface area (Å²) < 4.78 is 44.3. The molecule has 0 bridgehead atoms. The monoisotopic (exact) mass is 346 g/mol. The molecule has 0 aromatic carbocycles. The van der Waals surface area contributed by atoms with Gasteiger partial charge in [0, 0.05) is 56.5 Å². The van der Waals surface area contributed by atoms with Crippen molar-refractivity contribution in [2.45, 2.75) is 38.1 Å². The highest BCUT2D eigenvalue weighted by Crippen LogP contribution is 2.31. The van der Waals surface area contributed by atoms with Crippen molar-refractivity contribution < 1.29 is 52.8 Å². The minimum atomic E-state index is -2.88. The summed E-state index contributed by atoms with van der Waals surface area (Å²) in [5, 5.41) is 19.9. The molecule has 0 aliphatic carbocycles. The summed E-state index contributed by atoms with van der Waals surface area (Å²) >= 11 is 0. The first-order chi connectivity index (χ1) is 10.5. The maximum atomic E-state index is 10.2. The molecule has 0 radical (unpaired) electrons. The van der Waals surface area contributed by atoms with E-state index in [1.165, 1.54) is 21.1 Å². The van der Waals surface area contributed by atoms with E-state index in [0.717, 1.165) is 35.4 Å². The molecule has 23 heavy (non-hydrogen) atoms. The van der Waals surface area contributed by atoms with Crippen LogP contribution in [0.3, 0.4) is 0 Å². The number of rotatable bonds is 12. The van der Waals surface area contributed by atoms with Crippen LogP contribution in [0.2, 0.25) is 0 Å². The molecule has 2 atom stereocenters. The predicted molar refractivity (Wildman–Crippen MR) is 72.0 cm³/mol. The zero-order valence-corrected chi connectivity index (χ0v) is 14.6. The van der Waals surface area contributed by atoms with E-state index >= 15 is 0 Å². The smallest absolute Gasteiger partial charge is 0.343 e. The summed E-state index contributed by atoms with van der Waals surface area (Å²) in [6, 6.07) is 0. The molecule has 2 N–H and O–H groups in total. The molecule has 0 aromatic heterocycles. The van der Waals surface area contributed by atoms with Crippen LogP contribution in [0.25, 0.3) is 0 Å². The van der Waals surface area contributed by atoms with Crippen molar-refractivity contribution in [1.29, 1.82) is 0 Å². The highest BCUT2D eigenvalue weighted by molar-refractivity contribution is 4.53. The Bertz CT molecular complexity index is 340. The summed E-state index contributed by atoms with van der Waals surface area (Å²) in [4.78, 5) is 0. The Hall–Kier alpha value is -0.440. The second kappa shape index (κ2) is 8.60. The van der Waals surface area contributed by atoms with Crippen LogP contribution in [0.15, 0.2) is 0 Å². The van der Waals surface area contributed by atoms with E-state index in [0.29, 0.717) is 0 Å². The van der Waals surface area contributed by atoms with Gasteiger partial charge < -0.3 is 38.6 Å². The van der Waals surface area contributed by atoms with E-state index in [1.54, 1.807) is 0 Å². The van der Waals surface area contributed by atoms with Gasteiger partial charge in [-0.05, 0) is 0 Å². The predicted octanol–water partition coefficient (Wildman–Crippen LogP) is -0.531. The number of ether oxygens (including phenoxy) is 9. The lowest BCUT2D eigenvalue weighted by Crippen LogP contribution is -2.58. The summed E-state index contributed by atoms with van der Waals surface area (Å²) in [6.07, 6.45) is -5.27. The van der Waals surface area contributed by atoms with Gasteiger partial charge in [-0.1, -0.05) is 0 Å². The van der Waals surface area contributed by atoms with Crippen LogP contribution in [-0.4, -0.2) is 77.1 Å². The number of aliphatic hydroxyl groups is 2. The number of hydrogen-bond donors (Lipinski definition) is 2. The van der Waals surface area contributed by atoms with Crippen LogP contribution in [0.1, 0.15) is 13.8 Å². The third-order valence-electron chi connectivity index (χ3n) is 2.76. The van der Waals surface area contributed by atoms with E-state index in [9.17, 15) is 10.2 Å². The minimum Gasteiger partial charge on any atom is -0.343 e. The van der Waals surface area contributed by atoms with Crippen molar-refractivity contribution in [3.8, 4) is 0 Å². The fourth-order valence-corrected chi connectivity index (χ4v) is 1.21. The molecular formula is C12H26O11.